The number of aryl methyl sites for hydroxylation is 3. The molecule has 0 spiro atoms. The number of rotatable bonds is 6. The Morgan fingerprint density at radius 3 is 0.800 bits per heavy atom. The maximum atomic E-state index is 2.33. The predicted octanol–water partition coefficient (Wildman–Crippen LogP) is 9.37. The summed E-state index contributed by atoms with van der Waals surface area (Å²) in [5.41, 5.74) is 11.6. The summed E-state index contributed by atoms with van der Waals surface area (Å²) in [5.74, 6) is 0. The Balaban J connectivity index is 1.41. The minimum Gasteiger partial charge on any atom is -0.0620 e. The second-order valence-corrected chi connectivity index (χ2v) is 12.6. The normalized spacial score (nSPS) is 11.1. The summed E-state index contributed by atoms with van der Waals surface area (Å²) in [7, 11) is -0.713. The Hall–Kier alpha value is -4.25. The van der Waals surface area contributed by atoms with E-state index in [1.807, 2.05) is 0 Å². The van der Waals surface area contributed by atoms with Gasteiger partial charge in [0.15, 0.2) is 0 Å². The van der Waals surface area contributed by atoms with Crippen molar-refractivity contribution in [2.45, 2.75) is 20.8 Å². The van der Waals surface area contributed by atoms with Crippen LogP contribution in [-0.4, -0.2) is 0 Å². The van der Waals surface area contributed by atoms with Crippen molar-refractivity contribution in [2.24, 2.45) is 0 Å². The van der Waals surface area contributed by atoms with E-state index < -0.39 is 7.92 Å². The van der Waals surface area contributed by atoms with Gasteiger partial charge in [0, 0.05) is 0 Å². The molecule has 0 saturated carbocycles. The van der Waals surface area contributed by atoms with Crippen LogP contribution in [0.3, 0.4) is 0 Å². The third kappa shape index (κ3) is 5.29. The van der Waals surface area contributed by atoms with E-state index in [0.717, 1.165) is 0 Å². The van der Waals surface area contributed by atoms with Gasteiger partial charge in [0.1, 0.15) is 0 Å². The van der Waals surface area contributed by atoms with Gasteiger partial charge in [0.05, 0.1) is 0 Å². The summed E-state index contributed by atoms with van der Waals surface area (Å²) in [6.45, 7) is 6.55. The van der Waals surface area contributed by atoms with Crippen LogP contribution in [0.25, 0.3) is 33.4 Å². The van der Waals surface area contributed by atoms with Crippen LogP contribution in [0.2, 0.25) is 0 Å². The monoisotopic (exact) mass is 532 g/mol. The zero-order chi connectivity index (χ0) is 27.5. The average molecular weight is 533 g/mol. The van der Waals surface area contributed by atoms with Crippen LogP contribution in [-0.2, 0) is 0 Å². The van der Waals surface area contributed by atoms with Crippen molar-refractivity contribution < 1.29 is 0 Å². The van der Waals surface area contributed by atoms with Crippen molar-refractivity contribution >= 4 is 23.8 Å². The molecule has 0 atom stereocenters. The SMILES string of the molecule is Cc1ccccc1-c1ccc(P(c2ccc(-c3ccccc3C)cc2)c2ccc(-c3ccccc3C)cc2)cc1. The van der Waals surface area contributed by atoms with Crippen molar-refractivity contribution in [2.75, 3.05) is 0 Å². The molecule has 0 aromatic heterocycles. The third-order valence-corrected chi connectivity index (χ3v) is 10.2. The zero-order valence-electron chi connectivity index (χ0n) is 23.3. The third-order valence-electron chi connectivity index (χ3n) is 7.74. The van der Waals surface area contributed by atoms with Crippen LogP contribution in [0.5, 0.6) is 0 Å². The standard InChI is InChI=1S/C39H33P/c1-28-10-4-7-13-37(28)31-16-22-34(23-17-31)40(35-24-18-32(19-25-35)38-14-8-5-11-29(38)2)36-26-20-33(21-27-36)39-15-9-6-12-30(39)3/h4-27H,1-3H3. The van der Waals surface area contributed by atoms with Crippen molar-refractivity contribution in [1.82, 2.24) is 0 Å². The minimum absolute atomic E-state index is 0.713. The zero-order valence-corrected chi connectivity index (χ0v) is 24.2. The molecule has 0 nitrogen and oxygen atoms in total. The molecule has 194 valence electrons. The quantitative estimate of drug-likeness (QED) is 0.188. The molecule has 0 saturated heterocycles. The fraction of sp³-hybridized carbons (Fsp3) is 0.0769. The van der Waals surface area contributed by atoms with Crippen LogP contribution in [0, 0.1) is 20.8 Å². The van der Waals surface area contributed by atoms with Crippen molar-refractivity contribution in [1.29, 1.82) is 0 Å². The Kier molecular flexibility index (Phi) is 7.45. The first-order valence-electron chi connectivity index (χ1n) is 13.9. The highest BCUT2D eigenvalue weighted by Crippen LogP contribution is 2.36. The molecule has 1 heteroatoms. The van der Waals surface area contributed by atoms with Crippen LogP contribution in [0.1, 0.15) is 16.7 Å². The van der Waals surface area contributed by atoms with E-state index in [1.54, 1.807) is 0 Å². The van der Waals surface area contributed by atoms with Gasteiger partial charge < -0.3 is 0 Å². The van der Waals surface area contributed by atoms with Crippen LogP contribution >= 0.6 is 7.92 Å². The highest BCUT2D eigenvalue weighted by atomic mass is 31.1. The van der Waals surface area contributed by atoms with E-state index in [2.05, 4.69) is 166 Å². The molecule has 0 N–H and O–H groups in total. The van der Waals surface area contributed by atoms with Crippen molar-refractivity contribution in [3.63, 3.8) is 0 Å². The fourth-order valence-electron chi connectivity index (χ4n) is 5.51. The molecule has 0 aliphatic rings. The number of benzene rings is 6. The molecule has 0 bridgehead atoms. The van der Waals surface area contributed by atoms with E-state index in [9.17, 15) is 0 Å². The summed E-state index contributed by atoms with van der Waals surface area (Å²) in [6, 6.07) is 53.6. The molecule has 0 aliphatic carbocycles. The van der Waals surface area contributed by atoms with Crippen LogP contribution < -0.4 is 15.9 Å². The van der Waals surface area contributed by atoms with Crippen molar-refractivity contribution in [3.8, 4) is 33.4 Å². The molecule has 0 aliphatic heterocycles. The summed E-state index contributed by atoms with van der Waals surface area (Å²) >= 11 is 0. The first-order chi connectivity index (χ1) is 19.6. The molecule has 0 unspecified atom stereocenters. The van der Waals surface area contributed by atoms with Gasteiger partial charge in [-0.05, 0) is 94.7 Å². The van der Waals surface area contributed by atoms with Crippen LogP contribution in [0.15, 0.2) is 146 Å². The maximum Gasteiger partial charge on any atom is -0.0134 e. The lowest BCUT2D eigenvalue weighted by Crippen LogP contribution is -2.20. The molecule has 6 rings (SSSR count). The van der Waals surface area contributed by atoms with Gasteiger partial charge in [0.25, 0.3) is 0 Å². The Labute approximate surface area is 239 Å². The Bertz CT molecular complexity index is 1530. The Morgan fingerprint density at radius 1 is 0.300 bits per heavy atom. The topological polar surface area (TPSA) is 0 Å². The smallest absolute Gasteiger partial charge is 0.0134 e. The molecule has 6 aromatic rings. The van der Waals surface area contributed by atoms with Gasteiger partial charge in [-0.2, -0.15) is 0 Å². The van der Waals surface area contributed by atoms with E-state index in [-0.39, 0.29) is 0 Å². The molecular formula is C39H33P. The first-order valence-corrected chi connectivity index (χ1v) is 15.2. The number of hydrogen-bond donors (Lipinski definition) is 0. The summed E-state index contributed by atoms with van der Waals surface area (Å²) in [5, 5.41) is 4.08. The number of hydrogen-bond acceptors (Lipinski definition) is 0. The molecule has 6 aromatic carbocycles. The second-order valence-electron chi connectivity index (χ2n) is 10.4. The van der Waals surface area contributed by atoms with Gasteiger partial charge >= 0.3 is 0 Å². The largest absolute Gasteiger partial charge is 0.0620 e. The van der Waals surface area contributed by atoms with Gasteiger partial charge in [0.2, 0.25) is 0 Å². The summed E-state index contributed by atoms with van der Waals surface area (Å²) in [4.78, 5) is 0. The molecule has 0 fully saturated rings. The van der Waals surface area contributed by atoms with E-state index in [4.69, 9.17) is 0 Å². The van der Waals surface area contributed by atoms with E-state index in [0.29, 0.717) is 0 Å². The van der Waals surface area contributed by atoms with Gasteiger partial charge in [-0.25, -0.2) is 0 Å². The lowest BCUT2D eigenvalue weighted by Gasteiger charge is -2.21. The summed E-state index contributed by atoms with van der Waals surface area (Å²) < 4.78 is 0. The van der Waals surface area contributed by atoms with Gasteiger partial charge in [-0.15, -0.1) is 0 Å². The molecule has 40 heavy (non-hydrogen) atoms. The molecular weight excluding hydrogens is 499 g/mol. The molecule has 0 amide bonds. The lowest BCUT2D eigenvalue weighted by atomic mass is 10.0. The minimum atomic E-state index is -0.713. The second kappa shape index (κ2) is 11.5. The fourth-order valence-corrected chi connectivity index (χ4v) is 7.74. The average Bonchev–Trinajstić information content (AvgIpc) is 2.99. The Morgan fingerprint density at radius 2 is 0.550 bits per heavy atom. The molecule has 0 heterocycles. The van der Waals surface area contributed by atoms with E-state index in [1.165, 1.54) is 66.0 Å². The van der Waals surface area contributed by atoms with Gasteiger partial charge in [-0.1, -0.05) is 146 Å². The maximum absolute atomic E-state index is 2.33. The van der Waals surface area contributed by atoms with E-state index >= 15 is 0 Å². The highest BCUT2D eigenvalue weighted by Gasteiger charge is 2.18. The predicted molar refractivity (Wildman–Crippen MR) is 176 cm³/mol. The highest BCUT2D eigenvalue weighted by molar-refractivity contribution is 7.79. The lowest BCUT2D eigenvalue weighted by molar-refractivity contribution is 1.46. The van der Waals surface area contributed by atoms with Crippen molar-refractivity contribution in [3.05, 3.63) is 162 Å². The summed E-state index contributed by atoms with van der Waals surface area (Å²) in [6.07, 6.45) is 0. The first kappa shape index (κ1) is 26.0. The van der Waals surface area contributed by atoms with Gasteiger partial charge in [-0.3, -0.25) is 0 Å². The molecule has 0 radical (unpaired) electrons. The van der Waals surface area contributed by atoms with Crippen LogP contribution in [0.4, 0.5) is 0 Å².